The van der Waals surface area contributed by atoms with Gasteiger partial charge >= 0.3 is 0 Å². The number of nitrogens with two attached hydrogens (primary N) is 1. The Morgan fingerprint density at radius 1 is 1.25 bits per heavy atom. The van der Waals surface area contributed by atoms with Crippen molar-refractivity contribution in [3.05, 3.63) is 65.0 Å². The number of nitrogens with one attached hydrogen (secondary N) is 1. The van der Waals surface area contributed by atoms with Crippen molar-refractivity contribution in [3.63, 3.8) is 0 Å². The summed E-state index contributed by atoms with van der Waals surface area (Å²) in [5.74, 6) is -1.01. The van der Waals surface area contributed by atoms with Gasteiger partial charge in [0.2, 0.25) is 0 Å². The molecule has 3 nitrogen and oxygen atoms in total. The van der Waals surface area contributed by atoms with Crippen LogP contribution in [0.5, 0.6) is 0 Å². The third kappa shape index (κ3) is 3.03. The standard InChI is InChI=1S/C16H17FN2O/c1-10-7-8-14(17)13(9-10)16(20)19-15-6-4-3-5-12(15)11(2)18/h3-9,11H,18H2,1-2H3,(H,19,20). The Balaban J connectivity index is 2.31. The normalized spacial score (nSPS) is 12.0. The number of hydrogen-bond acceptors (Lipinski definition) is 2. The van der Waals surface area contributed by atoms with E-state index in [1.807, 2.05) is 26.0 Å². The van der Waals surface area contributed by atoms with Crippen LogP contribution >= 0.6 is 0 Å². The molecule has 2 aromatic carbocycles. The summed E-state index contributed by atoms with van der Waals surface area (Å²) in [4.78, 5) is 12.2. The predicted octanol–water partition coefficient (Wildman–Crippen LogP) is 3.41. The highest BCUT2D eigenvalue weighted by Gasteiger charge is 2.14. The van der Waals surface area contributed by atoms with Gasteiger partial charge in [-0.1, -0.05) is 29.8 Å². The quantitative estimate of drug-likeness (QED) is 0.899. The highest BCUT2D eigenvalue weighted by molar-refractivity contribution is 6.05. The summed E-state index contributed by atoms with van der Waals surface area (Å²) in [5, 5.41) is 2.72. The maximum atomic E-state index is 13.7. The van der Waals surface area contributed by atoms with Crippen molar-refractivity contribution in [1.29, 1.82) is 0 Å². The molecule has 0 saturated carbocycles. The Morgan fingerprint density at radius 2 is 1.95 bits per heavy atom. The fraction of sp³-hybridized carbons (Fsp3) is 0.188. The molecule has 1 atom stereocenters. The lowest BCUT2D eigenvalue weighted by atomic mass is 10.1. The first-order valence-corrected chi connectivity index (χ1v) is 6.41. The molecule has 0 bridgehead atoms. The number of aryl methyl sites for hydroxylation is 1. The van der Waals surface area contributed by atoms with Crippen LogP contribution in [-0.2, 0) is 0 Å². The van der Waals surface area contributed by atoms with Crippen LogP contribution in [0.25, 0.3) is 0 Å². The average Bonchev–Trinajstić information content (AvgIpc) is 2.41. The number of halogens is 1. The van der Waals surface area contributed by atoms with Crippen LogP contribution in [0.1, 0.15) is 34.5 Å². The lowest BCUT2D eigenvalue weighted by Crippen LogP contribution is -2.17. The van der Waals surface area contributed by atoms with E-state index >= 15 is 0 Å². The molecule has 0 aliphatic heterocycles. The maximum Gasteiger partial charge on any atom is 0.258 e. The highest BCUT2D eigenvalue weighted by atomic mass is 19.1. The van der Waals surface area contributed by atoms with Gasteiger partial charge in [-0.15, -0.1) is 0 Å². The fourth-order valence-corrected chi connectivity index (χ4v) is 2.01. The predicted molar refractivity (Wildman–Crippen MR) is 78.1 cm³/mol. The molecule has 0 aliphatic carbocycles. The van der Waals surface area contributed by atoms with Crippen molar-refractivity contribution in [1.82, 2.24) is 0 Å². The van der Waals surface area contributed by atoms with Crippen molar-refractivity contribution >= 4 is 11.6 Å². The molecule has 1 unspecified atom stereocenters. The number of benzene rings is 2. The average molecular weight is 272 g/mol. The van der Waals surface area contributed by atoms with Gasteiger partial charge in [0, 0.05) is 11.7 Å². The SMILES string of the molecule is Cc1ccc(F)c(C(=O)Nc2ccccc2C(C)N)c1. The van der Waals surface area contributed by atoms with Crippen molar-refractivity contribution < 1.29 is 9.18 Å². The molecule has 0 aromatic heterocycles. The summed E-state index contributed by atoms with van der Waals surface area (Å²) in [5.41, 5.74) is 8.14. The Labute approximate surface area is 117 Å². The summed E-state index contributed by atoms with van der Waals surface area (Å²) < 4.78 is 13.7. The zero-order valence-electron chi connectivity index (χ0n) is 11.5. The van der Waals surface area contributed by atoms with E-state index in [9.17, 15) is 9.18 Å². The first-order chi connectivity index (χ1) is 9.49. The van der Waals surface area contributed by atoms with Crippen LogP contribution in [-0.4, -0.2) is 5.91 Å². The highest BCUT2D eigenvalue weighted by Crippen LogP contribution is 2.22. The smallest absolute Gasteiger partial charge is 0.258 e. The van der Waals surface area contributed by atoms with Crippen LogP contribution in [0, 0.1) is 12.7 Å². The van der Waals surface area contributed by atoms with Gasteiger partial charge in [-0.05, 0) is 37.6 Å². The molecule has 20 heavy (non-hydrogen) atoms. The molecular formula is C16H17FN2O. The molecule has 3 N–H and O–H groups in total. The Bertz CT molecular complexity index is 638. The topological polar surface area (TPSA) is 55.1 Å². The van der Waals surface area contributed by atoms with E-state index in [0.29, 0.717) is 5.69 Å². The Morgan fingerprint density at radius 3 is 2.65 bits per heavy atom. The largest absolute Gasteiger partial charge is 0.324 e. The van der Waals surface area contributed by atoms with Crippen molar-refractivity contribution in [3.8, 4) is 0 Å². The second-order valence-corrected chi connectivity index (χ2v) is 4.81. The number of hydrogen-bond donors (Lipinski definition) is 2. The molecule has 0 fully saturated rings. The van der Waals surface area contributed by atoms with Crippen molar-refractivity contribution in [2.24, 2.45) is 5.73 Å². The van der Waals surface area contributed by atoms with Crippen LogP contribution in [0.2, 0.25) is 0 Å². The first kappa shape index (κ1) is 14.2. The minimum atomic E-state index is -0.536. The molecule has 0 spiro atoms. The lowest BCUT2D eigenvalue weighted by Gasteiger charge is -2.14. The monoisotopic (exact) mass is 272 g/mol. The van der Waals surface area contributed by atoms with Gasteiger partial charge in [0.05, 0.1) is 5.56 Å². The van der Waals surface area contributed by atoms with Gasteiger partial charge in [-0.25, -0.2) is 4.39 Å². The lowest BCUT2D eigenvalue weighted by molar-refractivity contribution is 0.102. The minimum absolute atomic E-state index is 0.0319. The number of carbonyl (C=O) groups excluding carboxylic acids is 1. The van der Waals surface area contributed by atoms with E-state index in [1.165, 1.54) is 12.1 Å². The van der Waals surface area contributed by atoms with Gasteiger partial charge in [-0.3, -0.25) is 4.79 Å². The molecule has 0 radical (unpaired) electrons. The number of carbonyl (C=O) groups is 1. The van der Waals surface area contributed by atoms with Gasteiger partial charge in [0.25, 0.3) is 5.91 Å². The van der Waals surface area contributed by atoms with Gasteiger partial charge < -0.3 is 11.1 Å². The van der Waals surface area contributed by atoms with E-state index in [2.05, 4.69) is 5.32 Å². The molecular weight excluding hydrogens is 255 g/mol. The molecule has 1 amide bonds. The van der Waals surface area contributed by atoms with Crippen molar-refractivity contribution in [2.75, 3.05) is 5.32 Å². The molecule has 2 aromatic rings. The Kier molecular flexibility index (Phi) is 4.15. The molecule has 104 valence electrons. The van der Waals surface area contributed by atoms with Crippen molar-refractivity contribution in [2.45, 2.75) is 19.9 Å². The first-order valence-electron chi connectivity index (χ1n) is 6.41. The molecule has 0 aliphatic rings. The number of anilines is 1. The molecule has 2 rings (SSSR count). The summed E-state index contributed by atoms with van der Waals surface area (Å²) in [7, 11) is 0. The summed E-state index contributed by atoms with van der Waals surface area (Å²) >= 11 is 0. The fourth-order valence-electron chi connectivity index (χ4n) is 2.01. The molecule has 0 heterocycles. The van der Waals surface area contributed by atoms with E-state index in [1.54, 1.807) is 18.2 Å². The number of para-hydroxylation sites is 1. The van der Waals surface area contributed by atoms with E-state index in [4.69, 9.17) is 5.73 Å². The van der Waals surface area contributed by atoms with Crippen LogP contribution in [0.4, 0.5) is 10.1 Å². The van der Waals surface area contributed by atoms with E-state index in [-0.39, 0.29) is 11.6 Å². The maximum absolute atomic E-state index is 13.7. The summed E-state index contributed by atoms with van der Waals surface area (Å²) in [6, 6.07) is 11.5. The Hall–Kier alpha value is -2.20. The zero-order chi connectivity index (χ0) is 14.7. The number of rotatable bonds is 3. The van der Waals surface area contributed by atoms with E-state index < -0.39 is 11.7 Å². The second kappa shape index (κ2) is 5.84. The van der Waals surface area contributed by atoms with Gasteiger partial charge in [0.15, 0.2) is 0 Å². The third-order valence-electron chi connectivity index (χ3n) is 3.07. The summed E-state index contributed by atoms with van der Waals surface area (Å²) in [6.45, 7) is 3.64. The van der Waals surface area contributed by atoms with Crippen LogP contribution in [0.3, 0.4) is 0 Å². The van der Waals surface area contributed by atoms with E-state index in [0.717, 1.165) is 11.1 Å². The van der Waals surface area contributed by atoms with Gasteiger partial charge in [0.1, 0.15) is 5.82 Å². The summed E-state index contributed by atoms with van der Waals surface area (Å²) in [6.07, 6.45) is 0. The zero-order valence-corrected chi connectivity index (χ0v) is 11.5. The van der Waals surface area contributed by atoms with Gasteiger partial charge in [-0.2, -0.15) is 0 Å². The molecule has 0 saturated heterocycles. The van der Waals surface area contributed by atoms with Crippen LogP contribution in [0.15, 0.2) is 42.5 Å². The third-order valence-corrected chi connectivity index (χ3v) is 3.07. The second-order valence-electron chi connectivity index (χ2n) is 4.81. The minimum Gasteiger partial charge on any atom is -0.324 e. The number of amides is 1. The molecule has 4 heteroatoms. The van der Waals surface area contributed by atoms with Crippen LogP contribution < -0.4 is 11.1 Å².